The third kappa shape index (κ3) is 8.20. The van der Waals surface area contributed by atoms with Crippen molar-refractivity contribution < 1.29 is 0 Å². The molecule has 0 spiro atoms. The molecule has 0 N–H and O–H groups in total. The van der Waals surface area contributed by atoms with Gasteiger partial charge in [0.1, 0.15) is 0 Å². The van der Waals surface area contributed by atoms with Gasteiger partial charge in [-0.15, -0.1) is 0 Å². The molecule has 0 bridgehead atoms. The van der Waals surface area contributed by atoms with E-state index in [0.717, 1.165) is 26.2 Å². The third-order valence-corrected chi connectivity index (χ3v) is 77.1. The first-order valence-corrected chi connectivity index (χ1v) is 36.7. The number of nitrogens with zero attached hydrogens (tertiary/aromatic N) is 4. The fourth-order valence-electron chi connectivity index (χ4n) is 10.0. The van der Waals surface area contributed by atoms with Crippen LogP contribution in [0.3, 0.4) is 0 Å². The molecule has 2 aliphatic rings. The lowest BCUT2D eigenvalue weighted by Gasteiger charge is -2.38. The van der Waals surface area contributed by atoms with Crippen LogP contribution in [0.5, 0.6) is 0 Å². The van der Waals surface area contributed by atoms with Gasteiger partial charge in [-0.05, 0) is 105 Å². The minimum Gasteiger partial charge on any atom is -0.324 e. The summed E-state index contributed by atoms with van der Waals surface area (Å²) < 4.78 is 12.4. The van der Waals surface area contributed by atoms with Gasteiger partial charge in [-0.2, -0.15) is 0 Å². The van der Waals surface area contributed by atoms with E-state index in [2.05, 4.69) is 202 Å². The summed E-state index contributed by atoms with van der Waals surface area (Å²) in [4.78, 5) is 0. The Balaban J connectivity index is 1.35. The number of hydrogen-bond donors (Lipinski definition) is 0. The van der Waals surface area contributed by atoms with Gasteiger partial charge < -0.3 is 18.7 Å². The van der Waals surface area contributed by atoms with Gasteiger partial charge >= 0.3 is 0 Å². The Morgan fingerprint density at radius 1 is 0.290 bits per heavy atom. The molecule has 2 saturated heterocycles. The quantitative estimate of drug-likeness (QED) is 0.101. The largest absolute Gasteiger partial charge is 0.324 e. The zero-order valence-corrected chi connectivity index (χ0v) is 46.2. The van der Waals surface area contributed by atoms with Gasteiger partial charge in [-0.25, -0.2) is 0 Å². The molecule has 2 fully saturated rings. The van der Waals surface area contributed by atoms with Gasteiger partial charge in [0.05, 0.1) is 0 Å². The molecule has 2 aromatic heterocycles. The van der Waals surface area contributed by atoms with Gasteiger partial charge in [0.15, 0.2) is 15.8 Å². The molecule has 334 valence electrons. The van der Waals surface area contributed by atoms with E-state index < -0.39 is 15.8 Å². The van der Waals surface area contributed by atoms with Crippen LogP contribution < -0.4 is 18.7 Å². The first-order chi connectivity index (χ1) is 29.5. The summed E-state index contributed by atoms with van der Waals surface area (Å²) in [6, 6.07) is 29.2. The molecule has 8 rings (SSSR count). The Labute approximate surface area is 382 Å². The molecular weight excluding hydrogens is 866 g/mol. The molecule has 0 radical (unpaired) electrons. The maximum atomic E-state index is 3.09. The minimum atomic E-state index is -0.491. The summed E-state index contributed by atoms with van der Waals surface area (Å²) in [5.41, 5.74) is 19.0. The normalized spacial score (nSPS) is 17.2. The van der Waals surface area contributed by atoms with Crippen LogP contribution in [-0.2, 0) is 0 Å². The molecule has 4 aromatic carbocycles. The van der Waals surface area contributed by atoms with E-state index in [4.69, 9.17) is 0 Å². The maximum absolute atomic E-state index is 3.09. The van der Waals surface area contributed by atoms with Gasteiger partial charge in [-0.3, -0.25) is 0 Å². The molecule has 0 saturated carbocycles. The van der Waals surface area contributed by atoms with Crippen LogP contribution in [0.4, 0.5) is 22.7 Å². The zero-order chi connectivity index (χ0) is 44.6. The molecule has 2 aliphatic heterocycles. The lowest BCUT2D eigenvalue weighted by atomic mass is 9.92. The number of para-hydroxylation sites is 4. The molecular formula is C52H76N4P6. The van der Waals surface area contributed by atoms with Gasteiger partial charge in [0, 0.05) is 62.1 Å². The highest BCUT2D eigenvalue weighted by atomic mass is 33.3. The Bertz CT molecular complexity index is 2040. The van der Waals surface area contributed by atoms with Crippen LogP contribution >= 0.6 is 41.7 Å². The van der Waals surface area contributed by atoms with Gasteiger partial charge in [0.2, 0.25) is 0 Å². The average Bonchev–Trinajstić information content (AvgIpc) is 4.03. The highest BCUT2D eigenvalue weighted by Gasteiger charge is 2.54. The summed E-state index contributed by atoms with van der Waals surface area (Å²) in [6.07, 6.45) is 0.130. The van der Waals surface area contributed by atoms with Crippen molar-refractivity contribution >= 4 is 64.5 Å². The van der Waals surface area contributed by atoms with E-state index in [1.54, 1.807) is 67.3 Å². The van der Waals surface area contributed by atoms with Gasteiger partial charge in [-0.1, -0.05) is 184 Å². The molecule has 0 aliphatic carbocycles. The standard InChI is InChI=1S/C52H76N4P6/c1-33(2)41-21-17-22-42(34(3)4)49(41)53-29-30-54(50-43(35(5)6)23-18-24-44(50)36(7)8)57(53)59-61-60(62(59)61)58-55(51-45(37(9)10)25-19-26-46(51)38(11)12)31-32-56(58)52-47(39(13)14)27-20-28-48(52)40(15)16/h17-28,33-40H,29-32H2,1-16H3. The fourth-order valence-corrected chi connectivity index (χ4v) is 121. The Morgan fingerprint density at radius 2 is 0.452 bits per heavy atom. The number of benzene rings is 4. The van der Waals surface area contributed by atoms with Crippen LogP contribution in [0.2, 0.25) is 0 Å². The van der Waals surface area contributed by atoms with Crippen molar-refractivity contribution in [1.29, 1.82) is 0 Å². The third-order valence-electron chi connectivity index (χ3n) is 13.4. The molecule has 62 heavy (non-hydrogen) atoms. The van der Waals surface area contributed by atoms with Crippen molar-refractivity contribution in [1.82, 2.24) is 0 Å². The van der Waals surface area contributed by atoms with Crippen molar-refractivity contribution in [3.8, 4) is 0 Å². The zero-order valence-electron chi connectivity index (χ0n) is 40.8. The van der Waals surface area contributed by atoms with E-state index >= 15 is 0 Å². The lowest BCUT2D eigenvalue weighted by Crippen LogP contribution is -2.18. The highest BCUT2D eigenvalue weighted by molar-refractivity contribution is 9.23. The minimum absolute atomic E-state index is 0.0419. The predicted molar refractivity (Wildman–Crippen MR) is 289 cm³/mol. The van der Waals surface area contributed by atoms with E-state index in [0.29, 0.717) is 47.3 Å². The van der Waals surface area contributed by atoms with Crippen LogP contribution in [0.15, 0.2) is 72.8 Å². The second-order valence-electron chi connectivity index (χ2n) is 20.5. The van der Waals surface area contributed by atoms with E-state index in [1.165, 1.54) is 0 Å². The molecule has 4 heterocycles. The molecule has 4 nitrogen and oxygen atoms in total. The van der Waals surface area contributed by atoms with E-state index in [-0.39, 0.29) is 25.9 Å². The van der Waals surface area contributed by atoms with Crippen molar-refractivity contribution in [2.45, 2.75) is 158 Å². The van der Waals surface area contributed by atoms with E-state index in [1.807, 2.05) is 0 Å². The number of anilines is 4. The number of rotatable bonds is 14. The van der Waals surface area contributed by atoms with Crippen LogP contribution in [-0.4, -0.2) is 26.2 Å². The van der Waals surface area contributed by atoms with Crippen LogP contribution in [0, 0.1) is 0 Å². The topological polar surface area (TPSA) is 13.0 Å². The van der Waals surface area contributed by atoms with Crippen molar-refractivity contribution in [3.05, 3.63) is 117 Å². The smallest absolute Gasteiger partial charge is 0.156 e. The summed E-state index contributed by atoms with van der Waals surface area (Å²) in [7, 11) is -0.983. The van der Waals surface area contributed by atoms with Crippen LogP contribution in [0.25, 0.3) is 0 Å². The SMILES string of the molecule is CC(C)c1cccc(C(C)C)c1N1CCN(c2c(C(C)C)cccc2C(C)C)P1p1p2p(P3N(c4c(C(C)C)cccc4C(C)C)CCN3c3c(C(C)C)cccc3C(C)C)p12. The molecule has 0 unspecified atom stereocenters. The lowest BCUT2D eigenvalue weighted by molar-refractivity contribution is 0.821. The monoisotopic (exact) mass is 942 g/mol. The first kappa shape index (κ1) is 46.7. The molecule has 6 aromatic rings. The second-order valence-corrected chi connectivity index (χ2v) is 53.5. The second kappa shape index (κ2) is 18.4. The van der Waals surface area contributed by atoms with Crippen molar-refractivity contribution in [3.63, 3.8) is 0 Å². The summed E-state index contributed by atoms with van der Waals surface area (Å²) in [5.74, 6) is 3.96. The Kier molecular flexibility index (Phi) is 13.9. The van der Waals surface area contributed by atoms with Gasteiger partial charge in [0.25, 0.3) is 0 Å². The summed E-state index contributed by atoms with van der Waals surface area (Å²) >= 11 is 0. The Morgan fingerprint density at radius 3 is 0.597 bits per heavy atom. The molecule has 0 atom stereocenters. The van der Waals surface area contributed by atoms with Crippen molar-refractivity contribution in [2.75, 3.05) is 44.9 Å². The predicted octanol–water partition coefficient (Wildman–Crippen LogP) is 20.0. The summed E-state index contributed by atoms with van der Waals surface area (Å²) in [6.45, 7) is 43.5. The maximum Gasteiger partial charge on any atom is 0.156 e. The summed E-state index contributed by atoms with van der Waals surface area (Å²) in [5, 5.41) is 0. The number of hydrogen-bond acceptors (Lipinski definition) is 4. The number of fused-ring (bicyclic) bond motifs is 1. The van der Waals surface area contributed by atoms with E-state index in [9.17, 15) is 0 Å². The highest BCUT2D eigenvalue weighted by Crippen LogP contribution is 3.22. The molecule has 10 heteroatoms. The Hall–Kier alpha value is -1.86. The van der Waals surface area contributed by atoms with Crippen molar-refractivity contribution in [2.24, 2.45) is 0 Å². The molecule has 0 amide bonds. The van der Waals surface area contributed by atoms with Crippen LogP contribution in [0.1, 0.15) is 203 Å². The average molecular weight is 943 g/mol. The first-order valence-electron chi connectivity index (χ1n) is 23.9. The fraction of sp³-hybridized carbons (Fsp3) is 0.538.